The summed E-state index contributed by atoms with van der Waals surface area (Å²) in [6, 6.07) is 5.45. The van der Waals surface area contributed by atoms with E-state index < -0.39 is 5.92 Å². The highest BCUT2D eigenvalue weighted by molar-refractivity contribution is 6.33. The highest BCUT2D eigenvalue weighted by atomic mass is 35.5. The summed E-state index contributed by atoms with van der Waals surface area (Å²) in [4.78, 5) is 0. The van der Waals surface area contributed by atoms with E-state index in [1.807, 2.05) is 0 Å². The molecule has 90 valence electrons. The Balaban J connectivity index is 2.45. The summed E-state index contributed by atoms with van der Waals surface area (Å²) in [5.41, 5.74) is 6.14. The smallest absolute Gasteiger partial charge is 0.270 e. The van der Waals surface area contributed by atoms with E-state index >= 15 is 0 Å². The van der Waals surface area contributed by atoms with Crippen molar-refractivity contribution >= 4 is 17.5 Å². The molecule has 0 spiro atoms. The number of nitrogens with zero attached hydrogens (tertiary/aromatic N) is 1. The van der Waals surface area contributed by atoms with Crippen molar-refractivity contribution in [2.45, 2.75) is 12.8 Å². The van der Waals surface area contributed by atoms with Gasteiger partial charge in [-0.05, 0) is 6.07 Å². The number of hydrogen-bond acceptors (Lipinski definition) is 3. The first-order valence-corrected chi connectivity index (χ1v) is 5.16. The molecule has 0 radical (unpaired) electrons. The molecule has 0 amide bonds. The summed E-state index contributed by atoms with van der Waals surface area (Å²) in [6.45, 7) is 0.812. The Morgan fingerprint density at radius 3 is 2.53 bits per heavy atom. The van der Waals surface area contributed by atoms with Crippen LogP contribution in [0, 0.1) is 0 Å². The number of anilines is 1. The van der Waals surface area contributed by atoms with E-state index in [1.165, 1.54) is 24.3 Å². The van der Waals surface area contributed by atoms with E-state index in [4.69, 9.17) is 21.9 Å². The molecule has 6 heteroatoms. The van der Waals surface area contributed by atoms with Crippen LogP contribution in [0.4, 0.5) is 14.7 Å². The Labute approximate surface area is 101 Å². The molecule has 0 saturated heterocycles. The maximum absolute atomic E-state index is 13.1. The second kappa shape index (κ2) is 4.00. The van der Waals surface area contributed by atoms with Gasteiger partial charge >= 0.3 is 0 Å². The molecule has 0 aliphatic carbocycles. The number of halogens is 3. The van der Waals surface area contributed by atoms with Crippen molar-refractivity contribution in [2.75, 3.05) is 5.73 Å². The van der Waals surface area contributed by atoms with Crippen LogP contribution in [0.5, 0.6) is 0 Å². The molecule has 1 aromatic heterocycles. The van der Waals surface area contributed by atoms with Gasteiger partial charge in [-0.3, -0.25) is 0 Å². The predicted octanol–water partition coefficient (Wildman–Crippen LogP) is 3.69. The van der Waals surface area contributed by atoms with Gasteiger partial charge in [0.15, 0.2) is 0 Å². The third-order valence-electron chi connectivity index (χ3n) is 2.28. The van der Waals surface area contributed by atoms with E-state index in [2.05, 4.69) is 5.16 Å². The van der Waals surface area contributed by atoms with Gasteiger partial charge in [0.25, 0.3) is 5.92 Å². The molecule has 0 saturated carbocycles. The first kappa shape index (κ1) is 11.9. The average molecular weight is 259 g/mol. The molecule has 17 heavy (non-hydrogen) atoms. The third kappa shape index (κ3) is 2.39. The largest absolute Gasteiger partial charge is 0.368 e. The van der Waals surface area contributed by atoms with Crippen molar-refractivity contribution < 1.29 is 13.3 Å². The number of hydrogen-bond donors (Lipinski definition) is 1. The fraction of sp³-hybridized carbons (Fsp3) is 0.182. The van der Waals surface area contributed by atoms with Gasteiger partial charge in [0.1, 0.15) is 5.69 Å². The summed E-state index contributed by atoms with van der Waals surface area (Å²) in [7, 11) is 0. The SMILES string of the molecule is CC(F)(F)c1ccc(-c2cc(N)on2)c(Cl)c1. The number of rotatable bonds is 2. The fourth-order valence-corrected chi connectivity index (χ4v) is 1.69. The molecular formula is C11H9ClF2N2O. The molecule has 0 atom stereocenters. The summed E-state index contributed by atoms with van der Waals surface area (Å²) in [5, 5.41) is 3.84. The van der Waals surface area contributed by atoms with Crippen molar-refractivity contribution in [1.29, 1.82) is 0 Å². The number of nitrogens with two attached hydrogens (primary N) is 1. The molecule has 1 heterocycles. The van der Waals surface area contributed by atoms with E-state index in [0.29, 0.717) is 11.3 Å². The van der Waals surface area contributed by atoms with Crippen molar-refractivity contribution in [3.8, 4) is 11.3 Å². The zero-order valence-corrected chi connectivity index (χ0v) is 9.63. The predicted molar refractivity (Wildman–Crippen MR) is 60.9 cm³/mol. The van der Waals surface area contributed by atoms with Crippen LogP contribution in [0.1, 0.15) is 12.5 Å². The summed E-state index contributed by atoms with van der Waals surface area (Å²) in [6.07, 6.45) is 0. The number of benzene rings is 1. The standard InChI is InChI=1S/C11H9ClF2N2O/c1-11(13,14)6-2-3-7(8(12)4-6)9-5-10(15)17-16-9/h2-5H,15H2,1H3. The summed E-state index contributed by atoms with van der Waals surface area (Å²) >= 11 is 5.92. The molecular weight excluding hydrogens is 250 g/mol. The molecule has 2 rings (SSSR count). The minimum absolute atomic E-state index is 0.140. The van der Waals surface area contributed by atoms with Crippen LogP contribution >= 0.6 is 11.6 Å². The molecule has 0 bridgehead atoms. The Bertz CT molecular complexity index is 549. The van der Waals surface area contributed by atoms with E-state index in [0.717, 1.165) is 6.92 Å². The number of aromatic nitrogens is 1. The summed E-state index contributed by atoms with van der Waals surface area (Å²) < 4.78 is 30.8. The zero-order valence-electron chi connectivity index (χ0n) is 8.88. The summed E-state index contributed by atoms with van der Waals surface area (Å²) in [5.74, 6) is -2.79. The lowest BCUT2D eigenvalue weighted by Gasteiger charge is -2.11. The normalized spacial score (nSPS) is 11.8. The Morgan fingerprint density at radius 2 is 2.06 bits per heavy atom. The van der Waals surface area contributed by atoms with Crippen LogP contribution in [0.15, 0.2) is 28.8 Å². The van der Waals surface area contributed by atoms with Crippen molar-refractivity contribution in [3.05, 3.63) is 34.9 Å². The van der Waals surface area contributed by atoms with Gasteiger partial charge in [0, 0.05) is 24.1 Å². The topological polar surface area (TPSA) is 52.0 Å². The van der Waals surface area contributed by atoms with E-state index in [-0.39, 0.29) is 16.5 Å². The average Bonchev–Trinajstić information content (AvgIpc) is 2.63. The van der Waals surface area contributed by atoms with Gasteiger partial charge in [-0.1, -0.05) is 28.9 Å². The van der Waals surface area contributed by atoms with Crippen LogP contribution in [0.3, 0.4) is 0 Å². The van der Waals surface area contributed by atoms with Gasteiger partial charge in [0.05, 0.1) is 5.02 Å². The van der Waals surface area contributed by atoms with Crippen molar-refractivity contribution in [1.82, 2.24) is 5.16 Å². The van der Waals surface area contributed by atoms with Crippen LogP contribution in [-0.2, 0) is 5.92 Å². The molecule has 0 unspecified atom stereocenters. The minimum Gasteiger partial charge on any atom is -0.368 e. The molecule has 0 aliphatic heterocycles. The molecule has 0 aliphatic rings. The quantitative estimate of drug-likeness (QED) is 0.894. The molecule has 1 aromatic carbocycles. The second-order valence-electron chi connectivity index (χ2n) is 3.70. The van der Waals surface area contributed by atoms with E-state index in [9.17, 15) is 8.78 Å². The third-order valence-corrected chi connectivity index (χ3v) is 2.59. The second-order valence-corrected chi connectivity index (χ2v) is 4.10. The lowest BCUT2D eigenvalue weighted by Crippen LogP contribution is -2.06. The van der Waals surface area contributed by atoms with Crippen LogP contribution in [-0.4, -0.2) is 5.16 Å². The first-order chi connectivity index (χ1) is 7.88. The van der Waals surface area contributed by atoms with Gasteiger partial charge in [-0.15, -0.1) is 0 Å². The molecule has 0 fully saturated rings. The van der Waals surface area contributed by atoms with Gasteiger partial charge < -0.3 is 10.3 Å². The highest BCUT2D eigenvalue weighted by Gasteiger charge is 2.25. The van der Waals surface area contributed by atoms with Crippen LogP contribution < -0.4 is 5.73 Å². The van der Waals surface area contributed by atoms with Gasteiger partial charge in [-0.2, -0.15) is 0 Å². The van der Waals surface area contributed by atoms with Gasteiger partial charge in [0.2, 0.25) is 5.88 Å². The molecule has 2 aromatic rings. The number of nitrogen functional groups attached to an aromatic ring is 1. The van der Waals surface area contributed by atoms with Crippen molar-refractivity contribution in [3.63, 3.8) is 0 Å². The number of alkyl halides is 2. The lowest BCUT2D eigenvalue weighted by atomic mass is 10.1. The Kier molecular flexibility index (Phi) is 2.79. The Morgan fingerprint density at radius 1 is 1.35 bits per heavy atom. The maximum atomic E-state index is 13.1. The van der Waals surface area contributed by atoms with E-state index in [1.54, 1.807) is 0 Å². The molecule has 3 nitrogen and oxygen atoms in total. The van der Waals surface area contributed by atoms with Crippen LogP contribution in [0.25, 0.3) is 11.3 Å². The maximum Gasteiger partial charge on any atom is 0.270 e. The lowest BCUT2D eigenvalue weighted by molar-refractivity contribution is 0.0175. The first-order valence-electron chi connectivity index (χ1n) is 4.78. The zero-order chi connectivity index (χ0) is 12.6. The van der Waals surface area contributed by atoms with Gasteiger partial charge in [-0.25, -0.2) is 8.78 Å². The van der Waals surface area contributed by atoms with Crippen LogP contribution in [0.2, 0.25) is 5.02 Å². The Hall–Kier alpha value is -1.62. The highest BCUT2D eigenvalue weighted by Crippen LogP contribution is 2.34. The van der Waals surface area contributed by atoms with Crippen molar-refractivity contribution in [2.24, 2.45) is 0 Å². The monoisotopic (exact) mass is 258 g/mol. The minimum atomic E-state index is -2.93. The fourth-order valence-electron chi connectivity index (χ4n) is 1.41. The molecule has 2 N–H and O–H groups in total.